The van der Waals surface area contributed by atoms with E-state index in [4.69, 9.17) is 9.47 Å². The van der Waals surface area contributed by atoms with Crippen LogP contribution in [0.1, 0.15) is 11.1 Å². The first kappa shape index (κ1) is 10.9. The molecule has 0 amide bonds. The second kappa shape index (κ2) is 4.22. The van der Waals surface area contributed by atoms with E-state index in [-0.39, 0.29) is 0 Å². The fourth-order valence-electron chi connectivity index (χ4n) is 2.30. The summed E-state index contributed by atoms with van der Waals surface area (Å²) < 4.78 is 11.4. The van der Waals surface area contributed by atoms with E-state index in [1.165, 1.54) is 0 Å². The van der Waals surface area contributed by atoms with E-state index in [1.54, 1.807) is 0 Å². The zero-order chi connectivity index (χ0) is 12.4. The van der Waals surface area contributed by atoms with Crippen LogP contribution in [0, 0.1) is 0 Å². The van der Waals surface area contributed by atoms with Crippen molar-refractivity contribution in [3.05, 3.63) is 84.3 Å². The van der Waals surface area contributed by atoms with Crippen molar-refractivity contribution in [2.24, 2.45) is 0 Å². The Labute approximate surface area is 106 Å². The fraction of sp³-hybridized carbons (Fsp3) is 0.125. The van der Waals surface area contributed by atoms with Crippen molar-refractivity contribution in [3.8, 4) is 0 Å². The standard InChI is InChI=1S/C16H14O2/c1-13-17-12-16(18-13,14-8-4-2-5-9-14)15-10-6-3-7-11-15/h2-11H,1,12H2. The Kier molecular flexibility index (Phi) is 2.56. The van der Waals surface area contributed by atoms with Crippen LogP contribution in [0.15, 0.2) is 73.2 Å². The summed E-state index contributed by atoms with van der Waals surface area (Å²) in [5, 5.41) is 0. The van der Waals surface area contributed by atoms with E-state index in [1.807, 2.05) is 36.4 Å². The van der Waals surface area contributed by atoms with E-state index >= 15 is 0 Å². The highest BCUT2D eigenvalue weighted by molar-refractivity contribution is 5.38. The molecule has 0 unspecified atom stereocenters. The molecule has 2 aromatic rings. The Morgan fingerprint density at radius 1 is 0.833 bits per heavy atom. The zero-order valence-electron chi connectivity index (χ0n) is 10.0. The number of benzene rings is 2. The quantitative estimate of drug-likeness (QED) is 0.797. The molecule has 0 aliphatic carbocycles. The molecule has 1 heterocycles. The van der Waals surface area contributed by atoms with Gasteiger partial charge in [-0.3, -0.25) is 0 Å². The molecule has 90 valence electrons. The second-order valence-corrected chi connectivity index (χ2v) is 4.32. The van der Waals surface area contributed by atoms with Gasteiger partial charge >= 0.3 is 0 Å². The summed E-state index contributed by atoms with van der Waals surface area (Å²) in [5.41, 5.74) is 1.59. The fourth-order valence-corrected chi connectivity index (χ4v) is 2.30. The highest BCUT2D eigenvalue weighted by atomic mass is 16.7. The van der Waals surface area contributed by atoms with Gasteiger partial charge in [0.1, 0.15) is 6.61 Å². The molecule has 0 atom stereocenters. The highest BCUT2D eigenvalue weighted by Gasteiger charge is 2.43. The molecule has 2 heteroatoms. The highest BCUT2D eigenvalue weighted by Crippen LogP contribution is 2.40. The van der Waals surface area contributed by atoms with Crippen molar-refractivity contribution in [1.29, 1.82) is 0 Å². The smallest absolute Gasteiger partial charge is 0.273 e. The van der Waals surface area contributed by atoms with Crippen LogP contribution in [-0.2, 0) is 15.1 Å². The maximum Gasteiger partial charge on any atom is 0.273 e. The van der Waals surface area contributed by atoms with Gasteiger partial charge in [-0.05, 0) is 6.58 Å². The second-order valence-electron chi connectivity index (χ2n) is 4.32. The van der Waals surface area contributed by atoms with Gasteiger partial charge in [-0.15, -0.1) is 0 Å². The Morgan fingerprint density at radius 2 is 1.33 bits per heavy atom. The summed E-state index contributed by atoms with van der Waals surface area (Å²) in [6, 6.07) is 20.2. The molecular formula is C16H14O2. The summed E-state index contributed by atoms with van der Waals surface area (Å²) in [5.74, 6) is 0.378. The van der Waals surface area contributed by atoms with Gasteiger partial charge in [0.2, 0.25) is 0 Å². The molecule has 0 radical (unpaired) electrons. The van der Waals surface area contributed by atoms with Crippen molar-refractivity contribution in [3.63, 3.8) is 0 Å². The molecule has 0 bridgehead atoms. The monoisotopic (exact) mass is 238 g/mol. The first-order chi connectivity index (χ1) is 8.81. The summed E-state index contributed by atoms with van der Waals surface area (Å²) in [6.07, 6.45) is 0. The lowest BCUT2D eigenvalue weighted by Crippen LogP contribution is -2.29. The van der Waals surface area contributed by atoms with Gasteiger partial charge in [0, 0.05) is 11.1 Å². The molecule has 1 aliphatic rings. The van der Waals surface area contributed by atoms with Crippen LogP contribution >= 0.6 is 0 Å². The SMILES string of the molecule is C=C1OCC(c2ccccc2)(c2ccccc2)O1. The minimum absolute atomic E-state index is 0.378. The minimum Gasteiger partial charge on any atom is -0.461 e. The van der Waals surface area contributed by atoms with Gasteiger partial charge in [0.05, 0.1) is 0 Å². The van der Waals surface area contributed by atoms with Crippen molar-refractivity contribution < 1.29 is 9.47 Å². The average Bonchev–Trinajstić information content (AvgIpc) is 2.84. The lowest BCUT2D eigenvalue weighted by atomic mass is 9.87. The van der Waals surface area contributed by atoms with Crippen LogP contribution < -0.4 is 0 Å². The third kappa shape index (κ3) is 1.66. The Morgan fingerprint density at radius 3 is 1.72 bits per heavy atom. The first-order valence-corrected chi connectivity index (χ1v) is 5.93. The van der Waals surface area contributed by atoms with E-state index in [2.05, 4.69) is 30.8 Å². The largest absolute Gasteiger partial charge is 0.461 e. The van der Waals surface area contributed by atoms with Gasteiger partial charge < -0.3 is 9.47 Å². The van der Waals surface area contributed by atoms with Crippen LogP contribution in [0.3, 0.4) is 0 Å². The van der Waals surface area contributed by atoms with Gasteiger partial charge in [-0.25, -0.2) is 0 Å². The topological polar surface area (TPSA) is 18.5 Å². The molecule has 2 aromatic carbocycles. The molecule has 1 saturated heterocycles. The van der Waals surface area contributed by atoms with Crippen molar-refractivity contribution in [2.45, 2.75) is 5.60 Å². The molecule has 3 rings (SSSR count). The first-order valence-electron chi connectivity index (χ1n) is 5.93. The molecule has 0 spiro atoms. The predicted octanol–water partition coefficient (Wildman–Crippen LogP) is 3.45. The number of ether oxygens (including phenoxy) is 2. The Bertz CT molecular complexity index is 506. The average molecular weight is 238 g/mol. The Hall–Kier alpha value is -2.22. The minimum atomic E-state index is -0.570. The van der Waals surface area contributed by atoms with Crippen LogP contribution in [0.5, 0.6) is 0 Å². The lowest BCUT2D eigenvalue weighted by molar-refractivity contribution is 0.0828. The number of hydrogen-bond acceptors (Lipinski definition) is 2. The maximum absolute atomic E-state index is 5.90. The van der Waals surface area contributed by atoms with Gasteiger partial charge in [-0.2, -0.15) is 0 Å². The predicted molar refractivity (Wildman–Crippen MR) is 69.8 cm³/mol. The Balaban J connectivity index is 2.14. The molecule has 1 fully saturated rings. The molecule has 0 N–H and O–H groups in total. The third-order valence-electron chi connectivity index (χ3n) is 3.20. The van der Waals surface area contributed by atoms with Gasteiger partial charge in [0.15, 0.2) is 5.60 Å². The van der Waals surface area contributed by atoms with Crippen LogP contribution in [0.2, 0.25) is 0 Å². The summed E-state index contributed by atoms with van der Waals surface area (Å²) >= 11 is 0. The van der Waals surface area contributed by atoms with E-state index in [9.17, 15) is 0 Å². The van der Waals surface area contributed by atoms with Crippen LogP contribution in [-0.4, -0.2) is 6.61 Å². The van der Waals surface area contributed by atoms with Crippen LogP contribution in [0.25, 0.3) is 0 Å². The summed E-state index contributed by atoms with van der Waals surface area (Å²) in [7, 11) is 0. The molecule has 0 saturated carbocycles. The molecule has 1 aliphatic heterocycles. The van der Waals surface area contributed by atoms with E-state index in [0.717, 1.165) is 11.1 Å². The molecular weight excluding hydrogens is 224 g/mol. The maximum atomic E-state index is 5.90. The van der Waals surface area contributed by atoms with Crippen molar-refractivity contribution >= 4 is 0 Å². The van der Waals surface area contributed by atoms with Crippen molar-refractivity contribution in [2.75, 3.05) is 6.61 Å². The summed E-state index contributed by atoms with van der Waals surface area (Å²) in [6.45, 7) is 4.21. The molecule has 2 nitrogen and oxygen atoms in total. The normalized spacial score (nSPS) is 17.0. The zero-order valence-corrected chi connectivity index (χ0v) is 10.0. The third-order valence-corrected chi connectivity index (χ3v) is 3.20. The van der Waals surface area contributed by atoms with E-state index < -0.39 is 5.60 Å². The molecule has 18 heavy (non-hydrogen) atoms. The molecule has 0 aromatic heterocycles. The van der Waals surface area contributed by atoms with E-state index in [0.29, 0.717) is 12.6 Å². The number of rotatable bonds is 2. The van der Waals surface area contributed by atoms with Gasteiger partial charge in [-0.1, -0.05) is 60.7 Å². The lowest BCUT2D eigenvalue weighted by Gasteiger charge is -2.26. The number of hydrogen-bond donors (Lipinski definition) is 0. The summed E-state index contributed by atoms with van der Waals surface area (Å²) in [4.78, 5) is 0. The van der Waals surface area contributed by atoms with Gasteiger partial charge in [0.25, 0.3) is 5.95 Å². The van der Waals surface area contributed by atoms with Crippen molar-refractivity contribution in [1.82, 2.24) is 0 Å². The van der Waals surface area contributed by atoms with Crippen LogP contribution in [0.4, 0.5) is 0 Å².